The zero-order valence-electron chi connectivity index (χ0n) is 11.1. The highest BCUT2D eigenvalue weighted by atomic mass is 32.1. The van der Waals surface area contributed by atoms with Crippen molar-refractivity contribution in [3.63, 3.8) is 0 Å². The van der Waals surface area contributed by atoms with Gasteiger partial charge in [0.15, 0.2) is 0 Å². The first-order chi connectivity index (χ1) is 9.88. The van der Waals surface area contributed by atoms with Gasteiger partial charge in [-0.15, -0.1) is 0 Å². The van der Waals surface area contributed by atoms with Crippen LogP contribution in [0.2, 0.25) is 0 Å². The predicted molar refractivity (Wildman–Crippen MR) is 81.4 cm³/mol. The van der Waals surface area contributed by atoms with Gasteiger partial charge in [-0.3, -0.25) is 4.79 Å². The van der Waals surface area contributed by atoms with E-state index in [2.05, 4.69) is 5.32 Å². The minimum atomic E-state index is -0.630. The lowest BCUT2D eigenvalue weighted by atomic mass is 10.1. The molecule has 108 valence electrons. The molecule has 6 heteroatoms. The quantitative estimate of drug-likeness (QED) is 0.857. The van der Waals surface area contributed by atoms with Gasteiger partial charge in [0.25, 0.3) is 5.91 Å². The van der Waals surface area contributed by atoms with Crippen LogP contribution in [0.25, 0.3) is 0 Å². The predicted octanol–water partition coefficient (Wildman–Crippen LogP) is 3.16. The van der Waals surface area contributed by atoms with Crippen molar-refractivity contribution < 1.29 is 13.6 Å². The van der Waals surface area contributed by atoms with Crippen LogP contribution < -0.4 is 11.1 Å². The summed E-state index contributed by atoms with van der Waals surface area (Å²) in [5, 5.41) is 2.49. The van der Waals surface area contributed by atoms with Crippen molar-refractivity contribution in [3.05, 3.63) is 64.7 Å². The van der Waals surface area contributed by atoms with E-state index in [9.17, 15) is 13.6 Å². The van der Waals surface area contributed by atoms with Crippen molar-refractivity contribution >= 4 is 28.8 Å². The van der Waals surface area contributed by atoms with Gasteiger partial charge in [-0.2, -0.15) is 0 Å². The number of halogens is 2. The van der Waals surface area contributed by atoms with Gasteiger partial charge in [0.05, 0.1) is 5.56 Å². The minimum Gasteiger partial charge on any atom is -0.389 e. The Labute approximate surface area is 125 Å². The molecule has 0 aromatic heterocycles. The van der Waals surface area contributed by atoms with Crippen LogP contribution >= 0.6 is 12.2 Å². The number of nitrogens with one attached hydrogen (secondary N) is 1. The van der Waals surface area contributed by atoms with Gasteiger partial charge >= 0.3 is 0 Å². The largest absolute Gasteiger partial charge is 0.389 e. The molecule has 0 saturated carbocycles. The Morgan fingerprint density at radius 3 is 2.38 bits per heavy atom. The van der Waals surface area contributed by atoms with Crippen molar-refractivity contribution in [2.75, 3.05) is 5.32 Å². The summed E-state index contributed by atoms with van der Waals surface area (Å²) in [6.45, 7) is 1.75. The molecule has 0 bridgehead atoms. The van der Waals surface area contributed by atoms with E-state index in [1.807, 2.05) is 0 Å². The van der Waals surface area contributed by atoms with Gasteiger partial charge in [-0.05, 0) is 37.3 Å². The third-order valence-corrected chi connectivity index (χ3v) is 3.08. The number of hydrogen-bond acceptors (Lipinski definition) is 2. The Bertz CT molecular complexity index is 732. The number of carbonyl (C=O) groups excluding carboxylic acids is 1. The first-order valence-corrected chi connectivity index (χ1v) is 6.46. The molecule has 2 aromatic carbocycles. The van der Waals surface area contributed by atoms with Crippen molar-refractivity contribution in [2.24, 2.45) is 5.73 Å². The second-order valence-corrected chi connectivity index (χ2v) is 4.94. The highest BCUT2D eigenvalue weighted by Gasteiger charge is 2.13. The normalized spacial score (nSPS) is 10.2. The molecule has 0 unspecified atom stereocenters. The van der Waals surface area contributed by atoms with Crippen LogP contribution in [0, 0.1) is 18.6 Å². The Kier molecular flexibility index (Phi) is 4.28. The molecule has 0 atom stereocenters. The molecule has 0 spiro atoms. The van der Waals surface area contributed by atoms with Crippen molar-refractivity contribution in [3.8, 4) is 0 Å². The van der Waals surface area contributed by atoms with Crippen molar-refractivity contribution in [2.45, 2.75) is 6.92 Å². The monoisotopic (exact) mass is 306 g/mol. The highest BCUT2D eigenvalue weighted by Crippen LogP contribution is 2.17. The van der Waals surface area contributed by atoms with Crippen molar-refractivity contribution in [1.82, 2.24) is 0 Å². The molecule has 0 radical (unpaired) electrons. The van der Waals surface area contributed by atoms with Crippen LogP contribution in [-0.2, 0) is 0 Å². The maximum Gasteiger partial charge on any atom is 0.258 e. The highest BCUT2D eigenvalue weighted by molar-refractivity contribution is 7.80. The second-order valence-electron chi connectivity index (χ2n) is 4.50. The molecule has 21 heavy (non-hydrogen) atoms. The summed E-state index contributed by atoms with van der Waals surface area (Å²) >= 11 is 4.72. The van der Waals surface area contributed by atoms with E-state index in [0.717, 1.165) is 11.6 Å². The molecular weight excluding hydrogens is 294 g/mol. The van der Waals surface area contributed by atoms with Crippen LogP contribution in [0.5, 0.6) is 0 Å². The molecule has 0 fully saturated rings. The van der Waals surface area contributed by atoms with Gasteiger partial charge in [0.2, 0.25) is 0 Å². The lowest BCUT2D eigenvalue weighted by molar-refractivity contribution is 0.102. The molecule has 0 aliphatic carbocycles. The van der Waals surface area contributed by atoms with Crippen LogP contribution in [0.4, 0.5) is 14.5 Å². The summed E-state index contributed by atoms with van der Waals surface area (Å²) in [4.78, 5) is 11.9. The average Bonchev–Trinajstić information content (AvgIpc) is 2.43. The fraction of sp³-hybridized carbons (Fsp3) is 0.0667. The van der Waals surface area contributed by atoms with Gasteiger partial charge in [-0.1, -0.05) is 23.8 Å². The van der Waals surface area contributed by atoms with E-state index in [1.54, 1.807) is 13.0 Å². The maximum atomic E-state index is 13.6. The maximum absolute atomic E-state index is 13.6. The first kappa shape index (κ1) is 15.1. The van der Waals surface area contributed by atoms with Crippen LogP contribution in [0.15, 0.2) is 36.4 Å². The smallest absolute Gasteiger partial charge is 0.258 e. The van der Waals surface area contributed by atoms with E-state index in [1.165, 1.54) is 24.3 Å². The van der Waals surface area contributed by atoms with Crippen molar-refractivity contribution in [1.29, 1.82) is 0 Å². The number of carbonyl (C=O) groups is 1. The lowest BCUT2D eigenvalue weighted by Gasteiger charge is -2.09. The SMILES string of the molecule is Cc1ccc(F)c(C(=O)Nc2ccc(F)c(C(N)=S)c2)c1. The molecule has 0 aliphatic rings. The van der Waals surface area contributed by atoms with Gasteiger partial charge < -0.3 is 11.1 Å². The summed E-state index contributed by atoms with van der Waals surface area (Å²) in [6.07, 6.45) is 0. The van der Waals surface area contributed by atoms with E-state index in [4.69, 9.17) is 18.0 Å². The number of hydrogen-bond donors (Lipinski definition) is 2. The number of aryl methyl sites for hydroxylation is 1. The molecule has 1 amide bonds. The van der Waals surface area contributed by atoms with Gasteiger partial charge in [0.1, 0.15) is 16.6 Å². The lowest BCUT2D eigenvalue weighted by Crippen LogP contribution is -2.16. The number of rotatable bonds is 3. The van der Waals surface area contributed by atoms with Crippen LogP contribution in [0.1, 0.15) is 21.5 Å². The zero-order valence-corrected chi connectivity index (χ0v) is 11.9. The fourth-order valence-corrected chi connectivity index (χ4v) is 1.96. The molecule has 2 rings (SSSR count). The first-order valence-electron chi connectivity index (χ1n) is 6.05. The summed E-state index contributed by atoms with van der Waals surface area (Å²) in [5.74, 6) is -1.84. The summed E-state index contributed by atoms with van der Waals surface area (Å²) in [7, 11) is 0. The summed E-state index contributed by atoms with van der Waals surface area (Å²) < 4.78 is 27.1. The topological polar surface area (TPSA) is 55.1 Å². The number of anilines is 1. The molecule has 0 saturated heterocycles. The number of amides is 1. The molecule has 3 N–H and O–H groups in total. The summed E-state index contributed by atoms with van der Waals surface area (Å²) in [6, 6.07) is 8.01. The Balaban J connectivity index is 2.29. The summed E-state index contributed by atoms with van der Waals surface area (Å²) in [5.41, 5.74) is 6.36. The molecule has 0 aliphatic heterocycles. The van der Waals surface area contributed by atoms with Gasteiger partial charge in [-0.25, -0.2) is 8.78 Å². The molecule has 3 nitrogen and oxygen atoms in total. The number of thiocarbonyl (C=S) groups is 1. The third-order valence-electron chi connectivity index (χ3n) is 2.86. The van der Waals surface area contributed by atoms with E-state index in [0.29, 0.717) is 0 Å². The Morgan fingerprint density at radius 2 is 1.71 bits per heavy atom. The Morgan fingerprint density at radius 1 is 1.10 bits per heavy atom. The minimum absolute atomic E-state index is 0.0208. The second kappa shape index (κ2) is 5.97. The van der Waals surface area contributed by atoms with E-state index < -0.39 is 17.5 Å². The molecular formula is C15H12F2N2OS. The van der Waals surface area contributed by atoms with Crippen LogP contribution in [-0.4, -0.2) is 10.9 Å². The van der Waals surface area contributed by atoms with E-state index >= 15 is 0 Å². The van der Waals surface area contributed by atoms with Gasteiger partial charge in [0, 0.05) is 11.3 Å². The standard InChI is InChI=1S/C15H12F2N2OS/c1-8-2-4-13(17)11(6-8)15(20)19-9-3-5-12(16)10(7-9)14(18)21/h2-7H,1H3,(H2,18,21)(H,19,20). The zero-order chi connectivity index (χ0) is 15.6. The van der Waals surface area contributed by atoms with E-state index in [-0.39, 0.29) is 21.8 Å². The molecule has 0 heterocycles. The fourth-order valence-electron chi connectivity index (χ4n) is 1.80. The Hall–Kier alpha value is -2.34. The van der Waals surface area contributed by atoms with Crippen LogP contribution in [0.3, 0.4) is 0 Å². The average molecular weight is 306 g/mol. The number of nitrogens with two attached hydrogens (primary N) is 1. The number of benzene rings is 2. The molecule has 2 aromatic rings. The third kappa shape index (κ3) is 3.41.